The van der Waals surface area contributed by atoms with Gasteiger partial charge in [0.2, 0.25) is 0 Å². The van der Waals surface area contributed by atoms with E-state index in [1.807, 2.05) is 61.5 Å². The molecule has 0 bridgehead atoms. The number of hydrogen-bond donors (Lipinski definition) is 2. The fourth-order valence-electron chi connectivity index (χ4n) is 1.74. The minimum atomic E-state index is 0. The number of rotatable bonds is 5. The highest BCUT2D eigenvalue weighted by atomic mass is 127. The Hall–Kier alpha value is -1.76. The van der Waals surface area contributed by atoms with E-state index >= 15 is 0 Å². The highest BCUT2D eigenvalue weighted by Crippen LogP contribution is 2.11. The second-order valence-corrected chi connectivity index (χ2v) is 4.42. The molecule has 0 aromatic heterocycles. The van der Waals surface area contributed by atoms with Crippen LogP contribution in [-0.4, -0.2) is 19.1 Å². The van der Waals surface area contributed by atoms with Crippen LogP contribution in [0.1, 0.15) is 5.56 Å². The molecule has 2 aromatic carbocycles. The van der Waals surface area contributed by atoms with E-state index in [0.29, 0.717) is 19.1 Å². The van der Waals surface area contributed by atoms with Crippen molar-refractivity contribution < 1.29 is 4.74 Å². The number of para-hydroxylation sites is 1. The number of hydrogen-bond acceptors (Lipinski definition) is 2. The second kappa shape index (κ2) is 9.23. The topological polar surface area (TPSA) is 59.6 Å². The highest BCUT2D eigenvalue weighted by molar-refractivity contribution is 14.0. The van der Waals surface area contributed by atoms with E-state index in [0.717, 1.165) is 11.4 Å². The summed E-state index contributed by atoms with van der Waals surface area (Å²) >= 11 is 0. The van der Waals surface area contributed by atoms with Gasteiger partial charge in [0.1, 0.15) is 12.4 Å². The molecular weight excluding hydrogens is 377 g/mol. The molecule has 0 fully saturated rings. The van der Waals surface area contributed by atoms with Crippen molar-refractivity contribution >= 4 is 35.6 Å². The molecule has 0 saturated heterocycles. The lowest BCUT2D eigenvalue weighted by atomic mass is 10.2. The minimum absolute atomic E-state index is 0. The normalized spacial score (nSPS) is 10.6. The zero-order valence-electron chi connectivity index (χ0n) is 12.0. The summed E-state index contributed by atoms with van der Waals surface area (Å²) in [5, 5.41) is 3.02. The summed E-state index contributed by atoms with van der Waals surface area (Å²) in [6, 6.07) is 17.6. The van der Waals surface area contributed by atoms with Crippen LogP contribution in [0.2, 0.25) is 0 Å². The fourth-order valence-corrected chi connectivity index (χ4v) is 1.74. The molecule has 0 atom stereocenters. The van der Waals surface area contributed by atoms with Gasteiger partial charge >= 0.3 is 0 Å². The summed E-state index contributed by atoms with van der Waals surface area (Å²) < 4.78 is 5.60. The van der Waals surface area contributed by atoms with Crippen molar-refractivity contribution in [2.75, 3.05) is 18.5 Å². The third-order valence-corrected chi connectivity index (χ3v) is 2.68. The monoisotopic (exact) mass is 397 g/mol. The molecule has 21 heavy (non-hydrogen) atoms. The molecule has 0 saturated carbocycles. The van der Waals surface area contributed by atoms with Crippen LogP contribution in [0.5, 0.6) is 5.75 Å². The molecule has 0 spiro atoms. The van der Waals surface area contributed by atoms with E-state index in [1.165, 1.54) is 5.56 Å². The summed E-state index contributed by atoms with van der Waals surface area (Å²) in [4.78, 5) is 4.22. The smallest absolute Gasteiger partial charge is 0.193 e. The molecule has 0 heterocycles. The SMILES string of the molecule is Cc1cccc(OCCN=C(N)Nc2ccccc2)c1.I. The lowest BCUT2D eigenvalue weighted by Crippen LogP contribution is -2.23. The molecular formula is C16H20IN3O. The third kappa shape index (κ3) is 6.48. The van der Waals surface area contributed by atoms with Crippen molar-refractivity contribution in [1.82, 2.24) is 0 Å². The molecule has 0 aliphatic rings. The summed E-state index contributed by atoms with van der Waals surface area (Å²) in [5.74, 6) is 1.25. The van der Waals surface area contributed by atoms with Gasteiger partial charge in [0.15, 0.2) is 5.96 Å². The van der Waals surface area contributed by atoms with Gasteiger partial charge < -0.3 is 15.8 Å². The largest absolute Gasteiger partial charge is 0.492 e. The molecule has 3 N–H and O–H groups in total. The van der Waals surface area contributed by atoms with Crippen molar-refractivity contribution in [3.8, 4) is 5.75 Å². The number of aliphatic imine (C=N–C) groups is 1. The quantitative estimate of drug-likeness (QED) is 0.352. The van der Waals surface area contributed by atoms with Crippen molar-refractivity contribution in [3.63, 3.8) is 0 Å². The van der Waals surface area contributed by atoms with Gasteiger partial charge in [-0.25, -0.2) is 4.99 Å². The van der Waals surface area contributed by atoms with Gasteiger partial charge in [-0.1, -0.05) is 30.3 Å². The van der Waals surface area contributed by atoms with Crippen molar-refractivity contribution in [2.24, 2.45) is 10.7 Å². The molecule has 0 aliphatic carbocycles. The Morgan fingerprint density at radius 3 is 2.62 bits per heavy atom. The number of nitrogens with two attached hydrogens (primary N) is 1. The van der Waals surface area contributed by atoms with E-state index in [-0.39, 0.29) is 24.0 Å². The van der Waals surface area contributed by atoms with Crippen LogP contribution in [-0.2, 0) is 0 Å². The van der Waals surface area contributed by atoms with Crippen LogP contribution in [0.15, 0.2) is 59.6 Å². The maximum absolute atomic E-state index is 5.79. The molecule has 112 valence electrons. The van der Waals surface area contributed by atoms with Gasteiger partial charge in [-0.3, -0.25) is 0 Å². The van der Waals surface area contributed by atoms with Gasteiger partial charge in [-0.2, -0.15) is 0 Å². The standard InChI is InChI=1S/C16H19N3O.HI/c1-13-6-5-9-15(12-13)20-11-10-18-16(17)19-14-7-3-2-4-8-14;/h2-9,12H,10-11H2,1H3,(H3,17,18,19);1H. The first-order valence-corrected chi connectivity index (χ1v) is 6.55. The first-order valence-electron chi connectivity index (χ1n) is 6.55. The molecule has 2 aromatic rings. The third-order valence-electron chi connectivity index (χ3n) is 2.68. The number of guanidine groups is 1. The average Bonchev–Trinajstić information content (AvgIpc) is 2.45. The molecule has 0 unspecified atom stereocenters. The van der Waals surface area contributed by atoms with Crippen LogP contribution in [0, 0.1) is 6.92 Å². The molecule has 2 rings (SSSR count). The Balaban J connectivity index is 0.00000220. The Bertz CT molecular complexity index is 573. The molecule has 0 amide bonds. The maximum atomic E-state index is 5.79. The summed E-state index contributed by atoms with van der Waals surface area (Å²) in [5.41, 5.74) is 7.89. The molecule has 0 aliphatic heterocycles. The Morgan fingerprint density at radius 2 is 1.90 bits per heavy atom. The first kappa shape index (κ1) is 17.3. The number of benzene rings is 2. The number of ether oxygens (including phenoxy) is 1. The fraction of sp³-hybridized carbons (Fsp3) is 0.188. The Labute approximate surface area is 142 Å². The van der Waals surface area contributed by atoms with Crippen molar-refractivity contribution in [1.29, 1.82) is 0 Å². The summed E-state index contributed by atoms with van der Waals surface area (Å²) in [6.07, 6.45) is 0. The zero-order chi connectivity index (χ0) is 14.2. The zero-order valence-corrected chi connectivity index (χ0v) is 14.3. The van der Waals surface area contributed by atoms with Crippen molar-refractivity contribution in [3.05, 3.63) is 60.2 Å². The Kier molecular flexibility index (Phi) is 7.60. The first-order chi connectivity index (χ1) is 9.74. The predicted molar refractivity (Wildman–Crippen MR) is 98.6 cm³/mol. The van der Waals surface area contributed by atoms with E-state index in [9.17, 15) is 0 Å². The second-order valence-electron chi connectivity index (χ2n) is 4.42. The van der Waals surface area contributed by atoms with Gasteiger partial charge in [0.25, 0.3) is 0 Å². The average molecular weight is 397 g/mol. The summed E-state index contributed by atoms with van der Waals surface area (Å²) in [7, 11) is 0. The highest BCUT2D eigenvalue weighted by Gasteiger charge is 1.95. The maximum Gasteiger partial charge on any atom is 0.193 e. The summed E-state index contributed by atoms with van der Waals surface area (Å²) in [6.45, 7) is 3.05. The van der Waals surface area contributed by atoms with Crippen LogP contribution < -0.4 is 15.8 Å². The Morgan fingerprint density at radius 1 is 1.14 bits per heavy atom. The molecule has 4 nitrogen and oxygen atoms in total. The number of nitrogens with one attached hydrogen (secondary N) is 1. The number of aryl methyl sites for hydroxylation is 1. The van der Waals surface area contributed by atoms with E-state index in [2.05, 4.69) is 10.3 Å². The van der Waals surface area contributed by atoms with E-state index < -0.39 is 0 Å². The van der Waals surface area contributed by atoms with Crippen molar-refractivity contribution in [2.45, 2.75) is 6.92 Å². The molecule has 0 radical (unpaired) electrons. The van der Waals surface area contributed by atoms with Crippen LogP contribution >= 0.6 is 24.0 Å². The number of anilines is 1. The number of halogens is 1. The van der Waals surface area contributed by atoms with E-state index in [4.69, 9.17) is 10.5 Å². The van der Waals surface area contributed by atoms with Gasteiger partial charge in [-0.05, 0) is 36.8 Å². The van der Waals surface area contributed by atoms with E-state index in [1.54, 1.807) is 0 Å². The lowest BCUT2D eigenvalue weighted by molar-refractivity contribution is 0.328. The molecule has 5 heteroatoms. The number of nitrogens with zero attached hydrogens (tertiary/aromatic N) is 1. The lowest BCUT2D eigenvalue weighted by Gasteiger charge is -2.07. The van der Waals surface area contributed by atoms with Crippen LogP contribution in [0.3, 0.4) is 0 Å². The predicted octanol–water partition coefficient (Wildman–Crippen LogP) is 3.42. The van der Waals surface area contributed by atoms with Gasteiger partial charge in [0, 0.05) is 5.69 Å². The van der Waals surface area contributed by atoms with Gasteiger partial charge in [-0.15, -0.1) is 24.0 Å². The minimum Gasteiger partial charge on any atom is -0.492 e. The van der Waals surface area contributed by atoms with Gasteiger partial charge in [0.05, 0.1) is 6.54 Å². The van der Waals surface area contributed by atoms with Crippen LogP contribution in [0.25, 0.3) is 0 Å². The van der Waals surface area contributed by atoms with Crippen LogP contribution in [0.4, 0.5) is 5.69 Å².